The Balaban J connectivity index is 1.84. The Morgan fingerprint density at radius 1 is 1.14 bits per heavy atom. The predicted molar refractivity (Wildman–Crippen MR) is 93.0 cm³/mol. The maximum absolute atomic E-state index is 10.0. The first-order chi connectivity index (χ1) is 10.1. The van der Waals surface area contributed by atoms with Crippen molar-refractivity contribution in [2.45, 2.75) is 13.0 Å². The number of anilines is 1. The number of hydrogen-bond acceptors (Lipinski definition) is 3. The summed E-state index contributed by atoms with van der Waals surface area (Å²) in [5, 5.41) is 13.2. The molecular weight excluding hydrogens is 398 g/mol. The van der Waals surface area contributed by atoms with Crippen LogP contribution in [0.1, 0.15) is 5.56 Å². The van der Waals surface area contributed by atoms with E-state index < -0.39 is 6.10 Å². The van der Waals surface area contributed by atoms with Crippen molar-refractivity contribution in [2.24, 2.45) is 0 Å². The van der Waals surface area contributed by atoms with E-state index in [0.29, 0.717) is 6.54 Å². The monoisotopic (exact) mass is 413 g/mol. The van der Waals surface area contributed by atoms with E-state index in [1.807, 2.05) is 49.4 Å². The predicted octanol–water partition coefficient (Wildman–Crippen LogP) is 4.37. The molecule has 0 aromatic heterocycles. The quantitative estimate of drug-likeness (QED) is 0.737. The highest BCUT2D eigenvalue weighted by atomic mass is 79.9. The number of aliphatic hydroxyl groups is 1. The summed E-state index contributed by atoms with van der Waals surface area (Å²) >= 11 is 6.95. The topological polar surface area (TPSA) is 41.5 Å². The fourth-order valence-corrected chi connectivity index (χ4v) is 3.12. The fourth-order valence-electron chi connectivity index (χ4n) is 1.84. The molecule has 0 saturated heterocycles. The zero-order valence-corrected chi connectivity index (χ0v) is 14.8. The number of aliphatic hydroxyl groups excluding tert-OH is 1. The van der Waals surface area contributed by atoms with E-state index in [2.05, 4.69) is 37.2 Å². The lowest BCUT2D eigenvalue weighted by Crippen LogP contribution is -2.26. The summed E-state index contributed by atoms with van der Waals surface area (Å²) in [7, 11) is 0. The Hall–Kier alpha value is -1.04. The first-order valence-electron chi connectivity index (χ1n) is 6.61. The van der Waals surface area contributed by atoms with Crippen LogP contribution in [0.5, 0.6) is 5.75 Å². The molecular formula is C16H17Br2NO2. The molecule has 0 aliphatic rings. The summed E-state index contributed by atoms with van der Waals surface area (Å²) in [5.74, 6) is 0.774. The second-order valence-electron chi connectivity index (χ2n) is 4.76. The zero-order chi connectivity index (χ0) is 15.2. The normalized spacial score (nSPS) is 12.0. The van der Waals surface area contributed by atoms with Crippen LogP contribution < -0.4 is 10.1 Å². The molecule has 0 aliphatic carbocycles. The van der Waals surface area contributed by atoms with Crippen LogP contribution in [0.15, 0.2) is 51.4 Å². The molecule has 112 valence electrons. The highest BCUT2D eigenvalue weighted by molar-refractivity contribution is 9.11. The van der Waals surface area contributed by atoms with Crippen molar-refractivity contribution < 1.29 is 9.84 Å². The van der Waals surface area contributed by atoms with Gasteiger partial charge < -0.3 is 15.2 Å². The smallest absolute Gasteiger partial charge is 0.119 e. The van der Waals surface area contributed by atoms with Crippen molar-refractivity contribution in [1.29, 1.82) is 0 Å². The van der Waals surface area contributed by atoms with Crippen LogP contribution in [0.25, 0.3) is 0 Å². The van der Waals surface area contributed by atoms with Gasteiger partial charge in [-0.2, -0.15) is 0 Å². The summed E-state index contributed by atoms with van der Waals surface area (Å²) in [6, 6.07) is 13.6. The number of rotatable bonds is 6. The molecule has 1 unspecified atom stereocenters. The summed E-state index contributed by atoms with van der Waals surface area (Å²) in [6.07, 6.45) is -0.593. The Kier molecular flexibility index (Phi) is 6.08. The summed E-state index contributed by atoms with van der Waals surface area (Å²) < 4.78 is 7.48. The van der Waals surface area contributed by atoms with E-state index >= 15 is 0 Å². The number of hydrogen-bond donors (Lipinski definition) is 2. The van der Waals surface area contributed by atoms with E-state index in [0.717, 1.165) is 25.9 Å². The van der Waals surface area contributed by atoms with Gasteiger partial charge >= 0.3 is 0 Å². The minimum Gasteiger partial charge on any atom is -0.491 e. The second kappa shape index (κ2) is 7.82. The molecule has 1 atom stereocenters. The number of halogens is 2. The third-order valence-corrected chi connectivity index (χ3v) is 4.23. The Morgan fingerprint density at radius 2 is 1.81 bits per heavy atom. The van der Waals surface area contributed by atoms with Crippen LogP contribution in [-0.4, -0.2) is 24.4 Å². The molecule has 5 heteroatoms. The van der Waals surface area contributed by atoms with Gasteiger partial charge in [0.05, 0.1) is 5.69 Å². The van der Waals surface area contributed by atoms with Crippen molar-refractivity contribution >= 4 is 37.5 Å². The fraction of sp³-hybridized carbons (Fsp3) is 0.250. The maximum Gasteiger partial charge on any atom is 0.119 e. The Labute approximate surface area is 141 Å². The average Bonchev–Trinajstić information content (AvgIpc) is 2.45. The molecule has 0 saturated carbocycles. The van der Waals surface area contributed by atoms with Crippen LogP contribution in [0, 0.1) is 6.92 Å². The molecule has 0 fully saturated rings. The van der Waals surface area contributed by atoms with E-state index in [4.69, 9.17) is 4.74 Å². The molecule has 0 aliphatic heterocycles. The van der Waals surface area contributed by atoms with Crippen LogP contribution >= 0.6 is 31.9 Å². The van der Waals surface area contributed by atoms with Crippen molar-refractivity contribution in [1.82, 2.24) is 0 Å². The molecule has 0 amide bonds. The molecule has 2 N–H and O–H groups in total. The largest absolute Gasteiger partial charge is 0.491 e. The van der Waals surface area contributed by atoms with Gasteiger partial charge in [-0.25, -0.2) is 0 Å². The van der Waals surface area contributed by atoms with Gasteiger partial charge in [0, 0.05) is 15.5 Å². The molecule has 21 heavy (non-hydrogen) atoms. The number of ether oxygens (including phenoxy) is 1. The van der Waals surface area contributed by atoms with Gasteiger partial charge in [0.1, 0.15) is 18.5 Å². The summed E-state index contributed by atoms with van der Waals surface area (Å²) in [4.78, 5) is 0. The molecule has 0 spiro atoms. The molecule has 0 bridgehead atoms. The molecule has 2 aromatic rings. The van der Waals surface area contributed by atoms with Crippen molar-refractivity contribution in [3.05, 3.63) is 57.0 Å². The van der Waals surface area contributed by atoms with E-state index in [-0.39, 0.29) is 6.61 Å². The SMILES string of the molecule is Cc1cccc(OCC(O)CNc2c(Br)cccc2Br)c1. The van der Waals surface area contributed by atoms with Gasteiger partial charge in [0.25, 0.3) is 0 Å². The third kappa shape index (κ3) is 5.02. The minimum atomic E-state index is -0.593. The molecule has 2 aromatic carbocycles. The maximum atomic E-state index is 10.0. The lowest BCUT2D eigenvalue weighted by Gasteiger charge is -2.16. The lowest BCUT2D eigenvalue weighted by molar-refractivity contribution is 0.117. The minimum absolute atomic E-state index is 0.249. The van der Waals surface area contributed by atoms with Gasteiger partial charge in [-0.1, -0.05) is 18.2 Å². The van der Waals surface area contributed by atoms with Crippen LogP contribution in [-0.2, 0) is 0 Å². The third-order valence-electron chi connectivity index (χ3n) is 2.91. The van der Waals surface area contributed by atoms with Crippen LogP contribution in [0.4, 0.5) is 5.69 Å². The van der Waals surface area contributed by atoms with Gasteiger partial charge in [-0.05, 0) is 68.6 Å². The van der Waals surface area contributed by atoms with Crippen LogP contribution in [0.2, 0.25) is 0 Å². The lowest BCUT2D eigenvalue weighted by atomic mass is 10.2. The highest BCUT2D eigenvalue weighted by Gasteiger charge is 2.09. The summed E-state index contributed by atoms with van der Waals surface area (Å²) in [6.45, 7) is 2.67. The van der Waals surface area contributed by atoms with Crippen molar-refractivity contribution in [3.8, 4) is 5.75 Å². The second-order valence-corrected chi connectivity index (χ2v) is 6.47. The van der Waals surface area contributed by atoms with Crippen molar-refractivity contribution in [2.75, 3.05) is 18.5 Å². The Bertz CT molecular complexity index is 584. The van der Waals surface area contributed by atoms with Crippen LogP contribution in [0.3, 0.4) is 0 Å². The van der Waals surface area contributed by atoms with Gasteiger partial charge in [0.2, 0.25) is 0 Å². The summed E-state index contributed by atoms with van der Waals surface area (Å²) in [5.41, 5.74) is 2.06. The first kappa shape index (κ1) is 16.3. The van der Waals surface area contributed by atoms with E-state index in [1.165, 1.54) is 0 Å². The number of para-hydroxylation sites is 1. The standard InChI is InChI=1S/C16H17Br2NO2/c1-11-4-2-5-13(8-11)21-10-12(20)9-19-16-14(17)6-3-7-15(16)18/h2-8,12,19-20H,9-10H2,1H3. The van der Waals surface area contributed by atoms with E-state index in [9.17, 15) is 5.11 Å². The molecule has 0 heterocycles. The molecule has 2 rings (SSSR count). The number of nitrogens with one attached hydrogen (secondary N) is 1. The van der Waals surface area contributed by atoms with Gasteiger partial charge in [-0.3, -0.25) is 0 Å². The zero-order valence-electron chi connectivity index (χ0n) is 11.6. The average molecular weight is 415 g/mol. The molecule has 0 radical (unpaired) electrons. The van der Waals surface area contributed by atoms with E-state index in [1.54, 1.807) is 0 Å². The first-order valence-corrected chi connectivity index (χ1v) is 8.20. The van der Waals surface area contributed by atoms with Gasteiger partial charge in [-0.15, -0.1) is 0 Å². The van der Waals surface area contributed by atoms with Crippen molar-refractivity contribution in [3.63, 3.8) is 0 Å². The highest BCUT2D eigenvalue weighted by Crippen LogP contribution is 2.30. The molecule has 3 nitrogen and oxygen atoms in total. The number of benzene rings is 2. The Morgan fingerprint density at radius 3 is 2.48 bits per heavy atom. The van der Waals surface area contributed by atoms with Gasteiger partial charge in [0.15, 0.2) is 0 Å². The number of aryl methyl sites for hydroxylation is 1.